The summed E-state index contributed by atoms with van der Waals surface area (Å²) in [5.41, 5.74) is 2.75. The maximum absolute atomic E-state index is 12.8. The van der Waals surface area contributed by atoms with Gasteiger partial charge in [-0.1, -0.05) is 0 Å². The van der Waals surface area contributed by atoms with E-state index < -0.39 is 0 Å². The third kappa shape index (κ3) is 3.24. The van der Waals surface area contributed by atoms with E-state index in [-0.39, 0.29) is 12.1 Å². The normalized spacial score (nSPS) is 13.8. The van der Waals surface area contributed by atoms with Crippen LogP contribution < -0.4 is 5.32 Å². The number of hydrogen-bond donors (Lipinski definition) is 1. The van der Waals surface area contributed by atoms with Crippen molar-refractivity contribution in [2.24, 2.45) is 0 Å². The van der Waals surface area contributed by atoms with Crippen LogP contribution >= 0.6 is 0 Å². The molecule has 3 aromatic rings. The van der Waals surface area contributed by atoms with Gasteiger partial charge in [0.05, 0.1) is 18.2 Å². The molecule has 1 aliphatic carbocycles. The van der Waals surface area contributed by atoms with E-state index in [4.69, 9.17) is 9.68 Å². The maximum atomic E-state index is 12.8. The highest BCUT2D eigenvalue weighted by Crippen LogP contribution is 2.28. The summed E-state index contributed by atoms with van der Waals surface area (Å²) in [6, 6.07) is 14.6. The lowest BCUT2D eigenvalue weighted by Gasteiger charge is -2.37. The van der Waals surface area contributed by atoms with Crippen molar-refractivity contribution in [2.45, 2.75) is 31.8 Å². The fourth-order valence-corrected chi connectivity index (χ4v) is 3.05. The highest BCUT2D eigenvalue weighted by molar-refractivity contribution is 5.89. The number of furan rings is 1. The van der Waals surface area contributed by atoms with Gasteiger partial charge in [0.25, 0.3) is 0 Å². The first kappa shape index (κ1) is 16.2. The molecule has 0 spiro atoms. The van der Waals surface area contributed by atoms with Crippen LogP contribution in [-0.4, -0.2) is 22.0 Å². The Morgan fingerprint density at radius 1 is 1.31 bits per heavy atom. The van der Waals surface area contributed by atoms with Gasteiger partial charge in [0.2, 0.25) is 0 Å². The summed E-state index contributed by atoms with van der Waals surface area (Å²) in [5.74, 6) is 0.723. The van der Waals surface area contributed by atoms with E-state index in [1.807, 2.05) is 23.1 Å². The Hall–Kier alpha value is -3.33. The first-order valence-corrected chi connectivity index (χ1v) is 8.64. The molecule has 0 saturated heterocycles. The third-order valence-electron chi connectivity index (χ3n) is 4.71. The molecule has 1 N–H and O–H groups in total. The van der Waals surface area contributed by atoms with Gasteiger partial charge in [-0.3, -0.25) is 4.98 Å². The monoisotopic (exact) mass is 346 g/mol. The van der Waals surface area contributed by atoms with Crippen molar-refractivity contribution in [1.82, 2.24) is 9.88 Å². The number of aromatic nitrogens is 1. The Balaban J connectivity index is 1.52. The van der Waals surface area contributed by atoms with Crippen molar-refractivity contribution < 1.29 is 9.21 Å². The second-order valence-electron chi connectivity index (χ2n) is 6.43. The van der Waals surface area contributed by atoms with E-state index in [0.717, 1.165) is 36.1 Å². The van der Waals surface area contributed by atoms with Gasteiger partial charge in [-0.05, 0) is 55.7 Å². The molecule has 0 aliphatic heterocycles. The molecule has 0 unspecified atom stereocenters. The number of pyridine rings is 1. The van der Waals surface area contributed by atoms with Crippen LogP contribution in [0, 0.1) is 11.3 Å². The largest absolute Gasteiger partial charge is 0.457 e. The zero-order chi connectivity index (χ0) is 17.9. The molecule has 4 rings (SSSR count). The summed E-state index contributed by atoms with van der Waals surface area (Å²) in [6.45, 7) is 0.406. The van der Waals surface area contributed by atoms with E-state index in [0.29, 0.717) is 17.8 Å². The third-order valence-corrected chi connectivity index (χ3v) is 4.71. The molecule has 6 nitrogen and oxygen atoms in total. The molecule has 2 amide bonds. The van der Waals surface area contributed by atoms with Crippen LogP contribution in [0.5, 0.6) is 0 Å². The SMILES string of the molecule is N#Cc1ccc(NC(=O)N(Cc2cc3ncccc3o2)C2CCC2)cc1. The standard InChI is InChI=1S/C20H18N4O2/c21-12-14-6-8-15(9-7-14)23-20(25)24(16-3-1-4-16)13-17-11-18-19(26-17)5-2-10-22-18/h2,5-11,16H,1,3-4,13H2,(H,23,25). The topological polar surface area (TPSA) is 82.2 Å². The van der Waals surface area contributed by atoms with Gasteiger partial charge in [0.15, 0.2) is 5.58 Å². The molecule has 130 valence electrons. The number of carbonyl (C=O) groups excluding carboxylic acids is 1. The zero-order valence-corrected chi connectivity index (χ0v) is 14.2. The lowest BCUT2D eigenvalue weighted by molar-refractivity contribution is 0.138. The maximum Gasteiger partial charge on any atom is 0.322 e. The molecule has 26 heavy (non-hydrogen) atoms. The van der Waals surface area contributed by atoms with Crippen LogP contribution in [0.25, 0.3) is 11.1 Å². The minimum Gasteiger partial charge on any atom is -0.457 e. The fourth-order valence-electron chi connectivity index (χ4n) is 3.05. The number of benzene rings is 1. The molecule has 1 fully saturated rings. The molecule has 1 saturated carbocycles. The predicted molar refractivity (Wildman–Crippen MR) is 97.4 cm³/mol. The summed E-state index contributed by atoms with van der Waals surface area (Å²) < 4.78 is 5.83. The van der Waals surface area contributed by atoms with Crippen LogP contribution in [0.15, 0.2) is 53.1 Å². The smallest absolute Gasteiger partial charge is 0.322 e. The van der Waals surface area contributed by atoms with Gasteiger partial charge < -0.3 is 14.6 Å². The van der Waals surface area contributed by atoms with Crippen molar-refractivity contribution in [2.75, 3.05) is 5.32 Å². The van der Waals surface area contributed by atoms with Gasteiger partial charge in [-0.2, -0.15) is 5.26 Å². The van der Waals surface area contributed by atoms with Gasteiger partial charge >= 0.3 is 6.03 Å². The number of amides is 2. The van der Waals surface area contributed by atoms with Crippen molar-refractivity contribution in [1.29, 1.82) is 5.26 Å². The second-order valence-corrected chi connectivity index (χ2v) is 6.43. The van der Waals surface area contributed by atoms with Gasteiger partial charge in [0.1, 0.15) is 11.3 Å². The van der Waals surface area contributed by atoms with Crippen LogP contribution in [0.4, 0.5) is 10.5 Å². The number of anilines is 1. The quantitative estimate of drug-likeness (QED) is 0.764. The van der Waals surface area contributed by atoms with Gasteiger partial charge in [0, 0.05) is 24.0 Å². The zero-order valence-electron chi connectivity index (χ0n) is 14.2. The average molecular weight is 346 g/mol. The molecule has 0 atom stereocenters. The fraction of sp³-hybridized carbons (Fsp3) is 0.250. The van der Waals surface area contributed by atoms with E-state index in [9.17, 15) is 4.79 Å². The highest BCUT2D eigenvalue weighted by atomic mass is 16.3. The molecule has 2 aromatic heterocycles. The molecule has 1 aromatic carbocycles. The van der Waals surface area contributed by atoms with E-state index in [2.05, 4.69) is 16.4 Å². The van der Waals surface area contributed by atoms with Crippen molar-refractivity contribution in [3.63, 3.8) is 0 Å². The number of rotatable bonds is 4. The molecule has 0 radical (unpaired) electrons. The highest BCUT2D eigenvalue weighted by Gasteiger charge is 2.29. The lowest BCUT2D eigenvalue weighted by atomic mass is 9.91. The van der Waals surface area contributed by atoms with Gasteiger partial charge in [-0.15, -0.1) is 0 Å². The minimum atomic E-state index is -0.159. The minimum absolute atomic E-state index is 0.159. The number of fused-ring (bicyclic) bond motifs is 1. The molecule has 6 heteroatoms. The van der Waals surface area contributed by atoms with E-state index >= 15 is 0 Å². The number of nitriles is 1. The van der Waals surface area contributed by atoms with Crippen molar-refractivity contribution in [3.05, 3.63) is 60.0 Å². The Bertz CT molecular complexity index is 934. The Kier molecular flexibility index (Phi) is 4.28. The summed E-state index contributed by atoms with van der Waals surface area (Å²) in [7, 11) is 0. The van der Waals surface area contributed by atoms with Crippen molar-refractivity contribution >= 4 is 22.8 Å². The first-order valence-electron chi connectivity index (χ1n) is 8.64. The van der Waals surface area contributed by atoms with E-state index in [1.54, 1.807) is 30.5 Å². The predicted octanol–water partition coefficient (Wildman–Crippen LogP) is 4.29. The Morgan fingerprint density at radius 2 is 2.12 bits per heavy atom. The summed E-state index contributed by atoms with van der Waals surface area (Å²) in [5, 5.41) is 11.8. The van der Waals surface area contributed by atoms with Gasteiger partial charge in [-0.25, -0.2) is 4.79 Å². The summed E-state index contributed by atoms with van der Waals surface area (Å²) in [6.07, 6.45) is 4.86. The van der Waals surface area contributed by atoms with Crippen LogP contribution in [0.3, 0.4) is 0 Å². The summed E-state index contributed by atoms with van der Waals surface area (Å²) in [4.78, 5) is 18.9. The molecule has 1 aliphatic rings. The number of hydrogen-bond acceptors (Lipinski definition) is 4. The van der Waals surface area contributed by atoms with E-state index in [1.165, 1.54) is 0 Å². The summed E-state index contributed by atoms with van der Waals surface area (Å²) >= 11 is 0. The number of nitrogens with zero attached hydrogens (tertiary/aromatic N) is 3. The van der Waals surface area contributed by atoms with Crippen molar-refractivity contribution in [3.8, 4) is 6.07 Å². The average Bonchev–Trinajstić information content (AvgIpc) is 3.03. The molecule has 0 bridgehead atoms. The number of urea groups is 1. The van der Waals surface area contributed by atoms with Crippen LogP contribution in [0.1, 0.15) is 30.6 Å². The lowest BCUT2D eigenvalue weighted by Crippen LogP contribution is -2.45. The second kappa shape index (κ2) is 6.89. The van der Waals surface area contributed by atoms with Crippen LogP contribution in [0.2, 0.25) is 0 Å². The molecule has 2 heterocycles. The number of carbonyl (C=O) groups is 1. The molecular formula is C20H18N4O2. The first-order chi connectivity index (χ1) is 12.7. The van der Waals surface area contributed by atoms with Crippen LogP contribution in [-0.2, 0) is 6.54 Å². The number of nitrogens with one attached hydrogen (secondary N) is 1. The molecular weight excluding hydrogens is 328 g/mol. The Morgan fingerprint density at radius 3 is 2.77 bits per heavy atom. The Labute approximate surface area is 151 Å².